The van der Waals surface area contributed by atoms with Gasteiger partial charge in [-0.15, -0.1) is 0 Å². The van der Waals surface area contributed by atoms with Crippen LogP contribution in [-0.4, -0.2) is 19.6 Å². The van der Waals surface area contributed by atoms with E-state index in [0.717, 1.165) is 31.5 Å². The van der Waals surface area contributed by atoms with Gasteiger partial charge in [0.25, 0.3) is 0 Å². The number of hydrogen-bond donors (Lipinski definition) is 2. The van der Waals surface area contributed by atoms with Crippen molar-refractivity contribution < 1.29 is 0 Å². The van der Waals surface area contributed by atoms with Gasteiger partial charge in [-0.05, 0) is 56.3 Å². The molecule has 0 heterocycles. The van der Waals surface area contributed by atoms with Crippen LogP contribution in [0, 0.1) is 5.92 Å². The average molecular weight is 246 g/mol. The Bertz CT molecular complexity index is 362. The summed E-state index contributed by atoms with van der Waals surface area (Å²) in [6.45, 7) is 4.44. The molecule has 0 amide bonds. The topological polar surface area (TPSA) is 24.1 Å². The van der Waals surface area contributed by atoms with Crippen LogP contribution in [0.3, 0.4) is 0 Å². The fraction of sp³-hybridized carbons (Fsp3) is 0.625. The van der Waals surface area contributed by atoms with E-state index in [4.69, 9.17) is 0 Å². The Morgan fingerprint density at radius 2 is 1.94 bits per heavy atom. The molecule has 100 valence electrons. The zero-order valence-electron chi connectivity index (χ0n) is 11.7. The Labute approximate surface area is 111 Å². The first-order valence-corrected chi connectivity index (χ1v) is 7.24. The lowest BCUT2D eigenvalue weighted by Crippen LogP contribution is -2.26. The first-order valence-electron chi connectivity index (χ1n) is 7.24. The molecule has 0 aliphatic heterocycles. The van der Waals surface area contributed by atoms with Gasteiger partial charge < -0.3 is 10.6 Å². The summed E-state index contributed by atoms with van der Waals surface area (Å²) in [5.41, 5.74) is 2.94. The van der Waals surface area contributed by atoms with Crippen LogP contribution in [0.5, 0.6) is 0 Å². The van der Waals surface area contributed by atoms with Crippen LogP contribution in [0.1, 0.15) is 37.3 Å². The van der Waals surface area contributed by atoms with Crippen molar-refractivity contribution in [1.82, 2.24) is 10.6 Å². The number of hydrogen-bond acceptors (Lipinski definition) is 2. The summed E-state index contributed by atoms with van der Waals surface area (Å²) in [5, 5.41) is 6.95. The number of rotatable bonds is 6. The van der Waals surface area contributed by atoms with Gasteiger partial charge in [0.2, 0.25) is 0 Å². The van der Waals surface area contributed by atoms with E-state index in [1.165, 1.54) is 30.4 Å². The SMILES string of the molecule is CNCCc1ccccc1CNC1CCC(C)C1. The highest BCUT2D eigenvalue weighted by Gasteiger charge is 2.20. The Hall–Kier alpha value is -0.860. The van der Waals surface area contributed by atoms with Crippen molar-refractivity contribution in [2.45, 2.75) is 45.2 Å². The molecule has 2 rings (SSSR count). The lowest BCUT2D eigenvalue weighted by atomic mass is 10.0. The van der Waals surface area contributed by atoms with Crippen LogP contribution in [0.2, 0.25) is 0 Å². The van der Waals surface area contributed by atoms with Crippen molar-refractivity contribution >= 4 is 0 Å². The van der Waals surface area contributed by atoms with E-state index in [0.29, 0.717) is 0 Å². The number of benzene rings is 1. The molecule has 0 spiro atoms. The molecular formula is C16H26N2. The van der Waals surface area contributed by atoms with E-state index in [9.17, 15) is 0 Å². The lowest BCUT2D eigenvalue weighted by Gasteiger charge is -2.15. The van der Waals surface area contributed by atoms with E-state index in [2.05, 4.69) is 41.8 Å². The van der Waals surface area contributed by atoms with Crippen molar-refractivity contribution in [2.24, 2.45) is 5.92 Å². The summed E-state index contributed by atoms with van der Waals surface area (Å²) in [5.74, 6) is 0.905. The van der Waals surface area contributed by atoms with E-state index in [1.54, 1.807) is 0 Å². The first-order chi connectivity index (χ1) is 8.79. The molecule has 1 aliphatic rings. The van der Waals surface area contributed by atoms with Gasteiger partial charge in [-0.3, -0.25) is 0 Å². The van der Waals surface area contributed by atoms with E-state index in [-0.39, 0.29) is 0 Å². The molecule has 2 unspecified atom stereocenters. The second kappa shape index (κ2) is 6.91. The van der Waals surface area contributed by atoms with Gasteiger partial charge >= 0.3 is 0 Å². The third-order valence-electron chi connectivity index (χ3n) is 4.04. The molecule has 18 heavy (non-hydrogen) atoms. The third-order valence-corrected chi connectivity index (χ3v) is 4.04. The highest BCUT2D eigenvalue weighted by molar-refractivity contribution is 5.27. The molecule has 1 aromatic rings. The van der Waals surface area contributed by atoms with Gasteiger partial charge in [0.05, 0.1) is 0 Å². The van der Waals surface area contributed by atoms with Crippen molar-refractivity contribution in [3.63, 3.8) is 0 Å². The molecule has 0 aromatic heterocycles. The van der Waals surface area contributed by atoms with Crippen molar-refractivity contribution in [1.29, 1.82) is 0 Å². The van der Waals surface area contributed by atoms with Crippen molar-refractivity contribution in [2.75, 3.05) is 13.6 Å². The molecular weight excluding hydrogens is 220 g/mol. The Balaban J connectivity index is 1.88. The fourth-order valence-electron chi connectivity index (χ4n) is 2.88. The molecule has 0 bridgehead atoms. The predicted molar refractivity (Wildman–Crippen MR) is 77.7 cm³/mol. The van der Waals surface area contributed by atoms with E-state index in [1.807, 2.05) is 7.05 Å². The van der Waals surface area contributed by atoms with Gasteiger partial charge in [0.1, 0.15) is 0 Å². The standard InChI is InChI=1S/C16H26N2/c1-13-7-8-16(11-13)18-12-15-6-4-3-5-14(15)9-10-17-2/h3-6,13,16-18H,7-12H2,1-2H3. The smallest absolute Gasteiger partial charge is 0.0210 e. The minimum absolute atomic E-state index is 0.734. The summed E-state index contributed by atoms with van der Waals surface area (Å²) in [7, 11) is 2.01. The molecule has 1 aromatic carbocycles. The molecule has 1 aliphatic carbocycles. The summed E-state index contributed by atoms with van der Waals surface area (Å²) < 4.78 is 0. The highest BCUT2D eigenvalue weighted by atomic mass is 14.9. The Kier molecular flexibility index (Phi) is 5.21. The van der Waals surface area contributed by atoms with E-state index < -0.39 is 0 Å². The third kappa shape index (κ3) is 3.82. The zero-order valence-corrected chi connectivity index (χ0v) is 11.7. The fourth-order valence-corrected chi connectivity index (χ4v) is 2.88. The molecule has 2 nitrogen and oxygen atoms in total. The summed E-state index contributed by atoms with van der Waals surface area (Å²) >= 11 is 0. The summed E-state index contributed by atoms with van der Waals surface area (Å²) in [6.07, 6.45) is 5.20. The Morgan fingerprint density at radius 1 is 1.17 bits per heavy atom. The van der Waals surface area contributed by atoms with Crippen LogP contribution in [0.25, 0.3) is 0 Å². The maximum atomic E-state index is 3.72. The number of nitrogens with one attached hydrogen (secondary N) is 2. The van der Waals surface area contributed by atoms with Gasteiger partial charge in [0, 0.05) is 12.6 Å². The molecule has 0 saturated heterocycles. The minimum atomic E-state index is 0.734. The van der Waals surface area contributed by atoms with Gasteiger partial charge in [0.15, 0.2) is 0 Å². The first kappa shape index (κ1) is 13.6. The van der Waals surface area contributed by atoms with Gasteiger partial charge in [-0.2, -0.15) is 0 Å². The van der Waals surface area contributed by atoms with Crippen molar-refractivity contribution in [3.05, 3.63) is 35.4 Å². The maximum absolute atomic E-state index is 3.72. The van der Waals surface area contributed by atoms with E-state index >= 15 is 0 Å². The summed E-state index contributed by atoms with van der Waals surface area (Å²) in [4.78, 5) is 0. The monoisotopic (exact) mass is 246 g/mol. The molecule has 1 saturated carbocycles. The molecule has 2 N–H and O–H groups in total. The molecule has 1 fully saturated rings. The van der Waals surface area contributed by atoms with Gasteiger partial charge in [-0.25, -0.2) is 0 Å². The van der Waals surface area contributed by atoms with Gasteiger partial charge in [-0.1, -0.05) is 31.2 Å². The normalized spacial score (nSPS) is 23.4. The molecule has 2 atom stereocenters. The van der Waals surface area contributed by atoms with Crippen LogP contribution in [-0.2, 0) is 13.0 Å². The average Bonchev–Trinajstić information content (AvgIpc) is 2.81. The number of likely N-dealkylation sites (N-methyl/N-ethyl adjacent to an activating group) is 1. The highest BCUT2D eigenvalue weighted by Crippen LogP contribution is 2.25. The maximum Gasteiger partial charge on any atom is 0.0210 e. The lowest BCUT2D eigenvalue weighted by molar-refractivity contribution is 0.501. The van der Waals surface area contributed by atoms with Crippen LogP contribution < -0.4 is 10.6 Å². The van der Waals surface area contributed by atoms with Crippen LogP contribution in [0.15, 0.2) is 24.3 Å². The second-order valence-corrected chi connectivity index (χ2v) is 5.62. The predicted octanol–water partition coefficient (Wildman–Crippen LogP) is 2.73. The van der Waals surface area contributed by atoms with Crippen molar-refractivity contribution in [3.8, 4) is 0 Å². The van der Waals surface area contributed by atoms with Crippen LogP contribution in [0.4, 0.5) is 0 Å². The second-order valence-electron chi connectivity index (χ2n) is 5.62. The largest absolute Gasteiger partial charge is 0.319 e. The quantitative estimate of drug-likeness (QED) is 0.806. The Morgan fingerprint density at radius 3 is 2.61 bits per heavy atom. The zero-order chi connectivity index (χ0) is 12.8. The molecule has 2 heteroatoms. The minimum Gasteiger partial charge on any atom is -0.319 e. The summed E-state index contributed by atoms with van der Waals surface area (Å²) in [6, 6.07) is 9.54. The van der Waals surface area contributed by atoms with Crippen LogP contribution >= 0.6 is 0 Å². The molecule has 0 radical (unpaired) electrons.